The predicted molar refractivity (Wildman–Crippen MR) is 66.6 cm³/mol. The van der Waals surface area contributed by atoms with E-state index in [4.69, 9.17) is 5.26 Å². The molecule has 4 heteroatoms. The summed E-state index contributed by atoms with van der Waals surface area (Å²) in [4.78, 5) is 0. The number of anilines is 1. The van der Waals surface area contributed by atoms with Gasteiger partial charge < -0.3 is 5.32 Å². The van der Waals surface area contributed by atoms with Gasteiger partial charge in [-0.2, -0.15) is 10.4 Å². The molecule has 1 heterocycles. The maximum Gasteiger partial charge on any atom is 0.102 e. The van der Waals surface area contributed by atoms with Crippen LogP contribution in [0, 0.1) is 18.3 Å². The summed E-state index contributed by atoms with van der Waals surface area (Å²) in [6, 6.07) is 9.94. The lowest BCUT2D eigenvalue weighted by molar-refractivity contribution is 0.638. The SMILES string of the molecule is Cc1cccc(NCCn2cccn2)c1C#N. The average Bonchev–Trinajstić information content (AvgIpc) is 2.82. The predicted octanol–water partition coefficient (Wildman–Crippen LogP) is 2.18. The smallest absolute Gasteiger partial charge is 0.102 e. The van der Waals surface area contributed by atoms with Gasteiger partial charge in [0.25, 0.3) is 0 Å². The summed E-state index contributed by atoms with van der Waals surface area (Å²) in [5.41, 5.74) is 2.60. The van der Waals surface area contributed by atoms with Gasteiger partial charge in [0, 0.05) is 18.9 Å². The quantitative estimate of drug-likeness (QED) is 0.869. The highest BCUT2D eigenvalue weighted by Gasteiger charge is 2.03. The number of benzene rings is 1. The Balaban J connectivity index is 2.00. The molecule has 2 rings (SSSR count). The molecule has 0 aliphatic rings. The molecule has 4 nitrogen and oxygen atoms in total. The van der Waals surface area contributed by atoms with Gasteiger partial charge in [0.1, 0.15) is 6.07 Å². The van der Waals surface area contributed by atoms with Crippen LogP contribution in [0.25, 0.3) is 0 Å². The summed E-state index contributed by atoms with van der Waals surface area (Å²) in [6.07, 6.45) is 3.68. The van der Waals surface area contributed by atoms with Crippen LogP contribution < -0.4 is 5.32 Å². The van der Waals surface area contributed by atoms with Crippen molar-refractivity contribution in [3.63, 3.8) is 0 Å². The Bertz CT molecular complexity index is 523. The van der Waals surface area contributed by atoms with Crippen LogP contribution in [0.15, 0.2) is 36.7 Å². The van der Waals surface area contributed by atoms with Crippen LogP contribution in [0.1, 0.15) is 11.1 Å². The van der Waals surface area contributed by atoms with Gasteiger partial charge >= 0.3 is 0 Å². The Morgan fingerprint density at radius 2 is 2.29 bits per heavy atom. The van der Waals surface area contributed by atoms with Crippen LogP contribution in [0.4, 0.5) is 5.69 Å². The molecule has 0 saturated heterocycles. The fraction of sp³-hybridized carbons (Fsp3) is 0.231. The van der Waals surface area contributed by atoms with Crippen molar-refractivity contribution < 1.29 is 0 Å². The summed E-state index contributed by atoms with van der Waals surface area (Å²) in [5, 5.41) is 16.5. The third-order valence-corrected chi connectivity index (χ3v) is 2.60. The molecule has 2 aromatic rings. The summed E-state index contributed by atoms with van der Waals surface area (Å²) in [7, 11) is 0. The Kier molecular flexibility index (Phi) is 3.41. The lowest BCUT2D eigenvalue weighted by Crippen LogP contribution is -2.11. The Morgan fingerprint density at radius 1 is 1.41 bits per heavy atom. The average molecular weight is 226 g/mol. The number of aromatic nitrogens is 2. The van der Waals surface area contributed by atoms with Crippen LogP contribution in [0.5, 0.6) is 0 Å². The minimum atomic E-state index is 0.716. The van der Waals surface area contributed by atoms with Gasteiger partial charge in [-0.3, -0.25) is 4.68 Å². The molecule has 0 bridgehead atoms. The first-order chi connectivity index (χ1) is 8.31. The van der Waals surface area contributed by atoms with E-state index in [1.807, 2.05) is 42.1 Å². The summed E-state index contributed by atoms with van der Waals surface area (Å²) in [6.45, 7) is 3.48. The lowest BCUT2D eigenvalue weighted by atomic mass is 10.1. The molecular weight excluding hydrogens is 212 g/mol. The monoisotopic (exact) mass is 226 g/mol. The number of hydrogen-bond acceptors (Lipinski definition) is 3. The van der Waals surface area contributed by atoms with Gasteiger partial charge in [0.2, 0.25) is 0 Å². The van der Waals surface area contributed by atoms with E-state index in [2.05, 4.69) is 16.5 Å². The van der Waals surface area contributed by atoms with Crippen molar-refractivity contribution in [2.75, 3.05) is 11.9 Å². The topological polar surface area (TPSA) is 53.6 Å². The maximum absolute atomic E-state index is 9.08. The fourth-order valence-corrected chi connectivity index (χ4v) is 1.70. The van der Waals surface area contributed by atoms with Crippen molar-refractivity contribution >= 4 is 5.69 Å². The van der Waals surface area contributed by atoms with Crippen LogP contribution in [0.2, 0.25) is 0 Å². The number of nitrogens with zero attached hydrogens (tertiary/aromatic N) is 3. The van der Waals surface area contributed by atoms with Crippen molar-refractivity contribution in [3.05, 3.63) is 47.8 Å². The van der Waals surface area contributed by atoms with Gasteiger partial charge in [-0.15, -0.1) is 0 Å². The summed E-state index contributed by atoms with van der Waals surface area (Å²) < 4.78 is 1.86. The summed E-state index contributed by atoms with van der Waals surface area (Å²) in [5.74, 6) is 0. The van der Waals surface area contributed by atoms with Crippen molar-refractivity contribution in [1.82, 2.24) is 9.78 Å². The Labute approximate surface area is 100 Å². The minimum Gasteiger partial charge on any atom is -0.382 e. The first kappa shape index (κ1) is 11.2. The molecule has 0 aliphatic heterocycles. The van der Waals surface area contributed by atoms with E-state index in [0.29, 0.717) is 5.56 Å². The van der Waals surface area contributed by atoms with E-state index in [-0.39, 0.29) is 0 Å². The van der Waals surface area contributed by atoms with Gasteiger partial charge in [0.15, 0.2) is 0 Å². The first-order valence-corrected chi connectivity index (χ1v) is 5.52. The zero-order valence-electron chi connectivity index (χ0n) is 9.72. The molecule has 1 aromatic heterocycles. The van der Waals surface area contributed by atoms with E-state index in [9.17, 15) is 0 Å². The van der Waals surface area contributed by atoms with Crippen LogP contribution >= 0.6 is 0 Å². The molecule has 0 spiro atoms. The normalized spacial score (nSPS) is 9.88. The third kappa shape index (κ3) is 2.64. The highest BCUT2D eigenvalue weighted by atomic mass is 15.3. The molecule has 0 unspecified atom stereocenters. The molecule has 0 radical (unpaired) electrons. The molecule has 1 aromatic carbocycles. The molecular formula is C13H14N4. The number of nitrogens with one attached hydrogen (secondary N) is 1. The number of aryl methyl sites for hydroxylation is 1. The first-order valence-electron chi connectivity index (χ1n) is 5.52. The molecule has 0 saturated carbocycles. The van der Waals surface area contributed by atoms with Crippen molar-refractivity contribution in [2.24, 2.45) is 0 Å². The lowest BCUT2D eigenvalue weighted by Gasteiger charge is -2.09. The molecule has 0 aliphatic carbocycles. The second-order valence-corrected chi connectivity index (χ2v) is 3.81. The second kappa shape index (κ2) is 5.17. The van der Waals surface area contributed by atoms with E-state index in [1.54, 1.807) is 6.20 Å². The largest absolute Gasteiger partial charge is 0.382 e. The molecule has 0 fully saturated rings. The molecule has 1 N–H and O–H groups in total. The fourth-order valence-electron chi connectivity index (χ4n) is 1.70. The minimum absolute atomic E-state index is 0.716. The molecule has 0 atom stereocenters. The number of rotatable bonds is 4. The maximum atomic E-state index is 9.08. The van der Waals surface area contributed by atoms with Crippen molar-refractivity contribution in [2.45, 2.75) is 13.5 Å². The van der Waals surface area contributed by atoms with E-state index in [0.717, 1.165) is 24.3 Å². The number of nitriles is 1. The summed E-state index contributed by atoms with van der Waals surface area (Å²) >= 11 is 0. The molecule has 86 valence electrons. The van der Waals surface area contributed by atoms with Gasteiger partial charge in [-0.25, -0.2) is 0 Å². The van der Waals surface area contributed by atoms with Crippen molar-refractivity contribution in [1.29, 1.82) is 5.26 Å². The van der Waals surface area contributed by atoms with Gasteiger partial charge in [-0.05, 0) is 24.6 Å². The molecule has 0 amide bonds. The van der Waals surface area contributed by atoms with Gasteiger partial charge in [-0.1, -0.05) is 12.1 Å². The molecule has 17 heavy (non-hydrogen) atoms. The highest BCUT2D eigenvalue weighted by molar-refractivity contribution is 5.60. The zero-order chi connectivity index (χ0) is 12.1. The van der Waals surface area contributed by atoms with Crippen LogP contribution in [-0.4, -0.2) is 16.3 Å². The Hall–Kier alpha value is -2.28. The second-order valence-electron chi connectivity index (χ2n) is 3.81. The number of hydrogen-bond donors (Lipinski definition) is 1. The van der Waals surface area contributed by atoms with E-state index < -0.39 is 0 Å². The zero-order valence-corrected chi connectivity index (χ0v) is 9.72. The highest BCUT2D eigenvalue weighted by Crippen LogP contribution is 2.17. The standard InChI is InChI=1S/C13H14N4/c1-11-4-2-5-13(12(11)10-14)15-7-9-17-8-3-6-16-17/h2-6,8,15H,7,9H2,1H3. The van der Waals surface area contributed by atoms with Crippen LogP contribution in [-0.2, 0) is 6.54 Å². The van der Waals surface area contributed by atoms with Crippen LogP contribution in [0.3, 0.4) is 0 Å². The van der Waals surface area contributed by atoms with Gasteiger partial charge in [0.05, 0.1) is 17.8 Å². The Morgan fingerprint density at radius 3 is 3.00 bits per heavy atom. The van der Waals surface area contributed by atoms with E-state index in [1.165, 1.54) is 0 Å². The van der Waals surface area contributed by atoms with E-state index >= 15 is 0 Å². The van der Waals surface area contributed by atoms with Crippen molar-refractivity contribution in [3.8, 4) is 6.07 Å². The third-order valence-electron chi connectivity index (χ3n) is 2.60.